The van der Waals surface area contributed by atoms with Gasteiger partial charge in [-0.2, -0.15) is 0 Å². The fourth-order valence-corrected chi connectivity index (χ4v) is 3.13. The lowest BCUT2D eigenvalue weighted by Gasteiger charge is -2.04. The Balaban J connectivity index is 2.06. The summed E-state index contributed by atoms with van der Waals surface area (Å²) in [5, 5.41) is 6.06. The maximum absolute atomic E-state index is 11.7. The van der Waals surface area contributed by atoms with Crippen molar-refractivity contribution in [2.75, 3.05) is 22.1 Å². The first-order chi connectivity index (χ1) is 10.1. The van der Waals surface area contributed by atoms with Crippen LogP contribution in [0.25, 0.3) is 10.2 Å². The number of fused-ring (bicyclic) bond motifs is 1. The molecular weight excluding hydrogens is 306 g/mol. The number of nitrogens with zero attached hydrogens (tertiary/aromatic N) is 1. The molecule has 0 fully saturated rings. The Hall–Kier alpha value is -1.86. The lowest BCUT2D eigenvalue weighted by atomic mass is 10.3. The number of thiazole rings is 1. The van der Waals surface area contributed by atoms with Gasteiger partial charge in [0.15, 0.2) is 5.13 Å². The van der Waals surface area contributed by atoms with E-state index in [9.17, 15) is 9.59 Å². The second-order valence-electron chi connectivity index (χ2n) is 4.23. The number of rotatable bonds is 6. The van der Waals surface area contributed by atoms with E-state index < -0.39 is 0 Å². The van der Waals surface area contributed by atoms with Crippen LogP contribution >= 0.6 is 23.1 Å². The molecule has 0 saturated carbocycles. The molecule has 2 amide bonds. The smallest absolute Gasteiger partial charge is 0.234 e. The van der Waals surface area contributed by atoms with Crippen LogP contribution in [0.3, 0.4) is 0 Å². The molecule has 1 aromatic heterocycles. The third kappa shape index (κ3) is 4.57. The molecule has 0 unspecified atom stereocenters. The molecule has 0 saturated heterocycles. The van der Waals surface area contributed by atoms with Crippen LogP contribution in [-0.4, -0.2) is 28.3 Å². The number of carbonyl (C=O) groups excluding carboxylic acids is 2. The summed E-state index contributed by atoms with van der Waals surface area (Å²) in [5.74, 6) is 0.945. The number of aromatic nitrogens is 1. The van der Waals surface area contributed by atoms with E-state index in [-0.39, 0.29) is 11.8 Å². The summed E-state index contributed by atoms with van der Waals surface area (Å²) in [6.07, 6.45) is 1.77. The Kier molecular flexibility index (Phi) is 5.35. The van der Waals surface area contributed by atoms with Crippen molar-refractivity contribution in [1.82, 2.24) is 4.98 Å². The van der Waals surface area contributed by atoms with Gasteiger partial charge in [0, 0.05) is 18.4 Å². The summed E-state index contributed by atoms with van der Waals surface area (Å²) in [5.41, 5.74) is 1.52. The fourth-order valence-electron chi connectivity index (χ4n) is 1.64. The van der Waals surface area contributed by atoms with Gasteiger partial charge in [-0.25, -0.2) is 4.98 Å². The Labute approximate surface area is 130 Å². The van der Waals surface area contributed by atoms with E-state index in [2.05, 4.69) is 22.2 Å². The van der Waals surface area contributed by atoms with E-state index in [0.717, 1.165) is 21.7 Å². The molecule has 21 heavy (non-hydrogen) atoms. The maximum Gasteiger partial charge on any atom is 0.234 e. The molecule has 7 heteroatoms. The molecule has 2 rings (SSSR count). The summed E-state index contributed by atoms with van der Waals surface area (Å²) >= 11 is 2.88. The van der Waals surface area contributed by atoms with Gasteiger partial charge in [0.1, 0.15) is 0 Å². The fraction of sp³-hybridized carbons (Fsp3) is 0.214. The minimum absolute atomic E-state index is 0.0483. The van der Waals surface area contributed by atoms with Gasteiger partial charge in [-0.15, -0.1) is 18.3 Å². The van der Waals surface area contributed by atoms with E-state index in [1.807, 2.05) is 12.1 Å². The molecule has 5 nitrogen and oxygen atoms in total. The van der Waals surface area contributed by atoms with E-state index in [1.54, 1.807) is 12.1 Å². The van der Waals surface area contributed by atoms with Gasteiger partial charge in [0.2, 0.25) is 11.8 Å². The highest BCUT2D eigenvalue weighted by molar-refractivity contribution is 8.00. The van der Waals surface area contributed by atoms with Crippen LogP contribution in [0.1, 0.15) is 6.92 Å². The molecule has 0 atom stereocenters. The number of carbonyl (C=O) groups is 2. The van der Waals surface area contributed by atoms with Crippen molar-refractivity contribution >= 4 is 55.9 Å². The molecule has 2 aromatic rings. The van der Waals surface area contributed by atoms with Gasteiger partial charge in [-0.3, -0.25) is 9.59 Å². The SMILES string of the molecule is C=CCSCC(=O)Nc1ccc2nc(NC(C)=O)sc2c1. The average Bonchev–Trinajstić information content (AvgIpc) is 2.79. The largest absolute Gasteiger partial charge is 0.325 e. The Morgan fingerprint density at radius 3 is 2.95 bits per heavy atom. The lowest BCUT2D eigenvalue weighted by Crippen LogP contribution is -2.14. The first kappa shape index (κ1) is 15.5. The predicted octanol–water partition coefficient (Wildman–Crippen LogP) is 3.11. The van der Waals surface area contributed by atoms with Crippen molar-refractivity contribution < 1.29 is 9.59 Å². The zero-order chi connectivity index (χ0) is 15.2. The van der Waals surface area contributed by atoms with Crippen LogP contribution < -0.4 is 10.6 Å². The van der Waals surface area contributed by atoms with Crippen molar-refractivity contribution in [3.63, 3.8) is 0 Å². The van der Waals surface area contributed by atoms with Gasteiger partial charge in [-0.1, -0.05) is 17.4 Å². The number of nitrogens with one attached hydrogen (secondary N) is 2. The molecule has 0 spiro atoms. The van der Waals surface area contributed by atoms with Crippen LogP contribution in [0.15, 0.2) is 30.9 Å². The van der Waals surface area contributed by atoms with Crippen molar-refractivity contribution in [2.24, 2.45) is 0 Å². The van der Waals surface area contributed by atoms with Gasteiger partial charge >= 0.3 is 0 Å². The van der Waals surface area contributed by atoms with Crippen molar-refractivity contribution in [1.29, 1.82) is 0 Å². The first-order valence-electron chi connectivity index (χ1n) is 6.25. The number of hydrogen-bond donors (Lipinski definition) is 2. The summed E-state index contributed by atoms with van der Waals surface area (Å²) < 4.78 is 0.912. The van der Waals surface area contributed by atoms with Gasteiger partial charge < -0.3 is 10.6 Å². The summed E-state index contributed by atoms with van der Waals surface area (Å²) in [4.78, 5) is 27.0. The van der Waals surface area contributed by atoms with E-state index in [1.165, 1.54) is 30.0 Å². The molecule has 0 aliphatic rings. The zero-order valence-corrected chi connectivity index (χ0v) is 13.1. The topological polar surface area (TPSA) is 71.1 Å². The first-order valence-corrected chi connectivity index (χ1v) is 8.22. The second kappa shape index (κ2) is 7.24. The molecule has 2 N–H and O–H groups in total. The van der Waals surface area contributed by atoms with E-state index >= 15 is 0 Å². The van der Waals surface area contributed by atoms with Crippen LogP contribution in [-0.2, 0) is 9.59 Å². The third-order valence-corrected chi connectivity index (χ3v) is 4.30. The molecule has 0 aliphatic heterocycles. The Bertz CT molecular complexity index is 682. The maximum atomic E-state index is 11.7. The quantitative estimate of drug-likeness (QED) is 0.633. The second-order valence-corrected chi connectivity index (χ2v) is 6.30. The standard InChI is InChI=1S/C14H15N3O2S2/c1-3-6-20-8-13(19)16-10-4-5-11-12(7-10)21-14(17-11)15-9(2)18/h3-5,7H,1,6,8H2,2H3,(H,16,19)(H,15,17,18). The van der Waals surface area contributed by atoms with Crippen molar-refractivity contribution in [2.45, 2.75) is 6.92 Å². The number of thioether (sulfide) groups is 1. The molecule has 0 bridgehead atoms. The highest BCUT2D eigenvalue weighted by atomic mass is 32.2. The van der Waals surface area contributed by atoms with Crippen LogP contribution in [0.5, 0.6) is 0 Å². The Morgan fingerprint density at radius 1 is 1.43 bits per heavy atom. The van der Waals surface area contributed by atoms with Crippen molar-refractivity contribution in [3.05, 3.63) is 30.9 Å². The number of hydrogen-bond acceptors (Lipinski definition) is 5. The highest BCUT2D eigenvalue weighted by Crippen LogP contribution is 2.28. The van der Waals surface area contributed by atoms with Crippen LogP contribution in [0.4, 0.5) is 10.8 Å². The molecule has 0 radical (unpaired) electrons. The van der Waals surface area contributed by atoms with Gasteiger partial charge in [0.25, 0.3) is 0 Å². The molecule has 110 valence electrons. The molecular formula is C14H15N3O2S2. The Morgan fingerprint density at radius 2 is 2.24 bits per heavy atom. The molecule has 1 aromatic carbocycles. The van der Waals surface area contributed by atoms with Crippen LogP contribution in [0.2, 0.25) is 0 Å². The van der Waals surface area contributed by atoms with Gasteiger partial charge in [0.05, 0.1) is 16.0 Å². The minimum atomic E-state index is -0.151. The lowest BCUT2D eigenvalue weighted by molar-refractivity contribution is -0.114. The highest BCUT2D eigenvalue weighted by Gasteiger charge is 2.07. The number of amides is 2. The number of anilines is 2. The minimum Gasteiger partial charge on any atom is -0.325 e. The van der Waals surface area contributed by atoms with Crippen molar-refractivity contribution in [3.8, 4) is 0 Å². The third-order valence-electron chi connectivity index (χ3n) is 2.42. The molecule has 1 heterocycles. The predicted molar refractivity (Wildman–Crippen MR) is 90.1 cm³/mol. The van der Waals surface area contributed by atoms with E-state index in [0.29, 0.717) is 10.9 Å². The number of benzene rings is 1. The zero-order valence-electron chi connectivity index (χ0n) is 11.5. The monoisotopic (exact) mass is 321 g/mol. The van der Waals surface area contributed by atoms with Gasteiger partial charge in [-0.05, 0) is 18.2 Å². The summed E-state index contributed by atoms with van der Waals surface area (Å²) in [7, 11) is 0. The van der Waals surface area contributed by atoms with E-state index in [4.69, 9.17) is 0 Å². The molecule has 0 aliphatic carbocycles. The normalized spacial score (nSPS) is 10.3. The van der Waals surface area contributed by atoms with Crippen LogP contribution in [0, 0.1) is 0 Å². The summed E-state index contributed by atoms with van der Waals surface area (Å²) in [6, 6.07) is 5.48. The average molecular weight is 321 g/mol. The summed E-state index contributed by atoms with van der Waals surface area (Å²) in [6.45, 7) is 5.05.